The summed E-state index contributed by atoms with van der Waals surface area (Å²) < 4.78 is 14.0. The molecule has 1 fully saturated rings. The van der Waals surface area contributed by atoms with Crippen LogP contribution in [0.15, 0.2) is 24.3 Å². The Morgan fingerprint density at radius 1 is 1.40 bits per heavy atom. The predicted molar refractivity (Wildman–Crippen MR) is 81.0 cm³/mol. The van der Waals surface area contributed by atoms with E-state index in [0.717, 1.165) is 6.54 Å². The van der Waals surface area contributed by atoms with Crippen LogP contribution in [0.2, 0.25) is 0 Å². The molecule has 1 heterocycles. The lowest BCUT2D eigenvalue weighted by molar-refractivity contribution is -0.129. The Kier molecular flexibility index (Phi) is 5.05. The van der Waals surface area contributed by atoms with Gasteiger partial charge in [-0.2, -0.15) is 0 Å². The highest BCUT2D eigenvalue weighted by atomic mass is 32.2. The van der Waals surface area contributed by atoms with Gasteiger partial charge in [0.25, 0.3) is 0 Å². The molecule has 0 aromatic heterocycles. The number of rotatable bonds is 5. The summed E-state index contributed by atoms with van der Waals surface area (Å²) in [5, 5.41) is 2.97. The van der Waals surface area contributed by atoms with E-state index in [9.17, 15) is 9.18 Å². The molecule has 1 N–H and O–H groups in total. The molecule has 110 valence electrons. The summed E-state index contributed by atoms with van der Waals surface area (Å²) in [5.74, 6) is -0.150. The topological polar surface area (TPSA) is 32.3 Å². The second-order valence-electron chi connectivity index (χ2n) is 5.29. The van der Waals surface area contributed by atoms with Crippen LogP contribution in [0.1, 0.15) is 31.7 Å². The van der Waals surface area contributed by atoms with Gasteiger partial charge in [-0.1, -0.05) is 32.0 Å². The van der Waals surface area contributed by atoms with Crippen LogP contribution >= 0.6 is 11.8 Å². The van der Waals surface area contributed by atoms with E-state index in [-0.39, 0.29) is 22.3 Å². The SMILES string of the molecule is CC(C)NCCN1C(=O)C(C)SC1c1ccccc1F. The number of benzene rings is 1. The Morgan fingerprint density at radius 2 is 2.10 bits per heavy atom. The first kappa shape index (κ1) is 15.3. The molecule has 0 radical (unpaired) electrons. The zero-order valence-corrected chi connectivity index (χ0v) is 12.9. The molecule has 5 heteroatoms. The first-order chi connectivity index (χ1) is 9.50. The lowest BCUT2D eigenvalue weighted by Gasteiger charge is -2.25. The molecule has 0 spiro atoms. The second-order valence-corrected chi connectivity index (χ2v) is 6.72. The first-order valence-corrected chi connectivity index (χ1v) is 7.88. The summed E-state index contributed by atoms with van der Waals surface area (Å²) in [5.41, 5.74) is 0.597. The molecule has 20 heavy (non-hydrogen) atoms. The van der Waals surface area contributed by atoms with Crippen molar-refractivity contribution in [2.45, 2.75) is 37.4 Å². The fourth-order valence-corrected chi connectivity index (χ4v) is 3.62. The summed E-state index contributed by atoms with van der Waals surface area (Å²) in [6.45, 7) is 7.35. The monoisotopic (exact) mass is 296 g/mol. The summed E-state index contributed by atoms with van der Waals surface area (Å²) in [6.07, 6.45) is 0. The van der Waals surface area contributed by atoms with Gasteiger partial charge in [-0.15, -0.1) is 11.8 Å². The van der Waals surface area contributed by atoms with Crippen molar-refractivity contribution in [1.82, 2.24) is 10.2 Å². The number of halogens is 1. The van der Waals surface area contributed by atoms with Gasteiger partial charge in [0.05, 0.1) is 5.25 Å². The van der Waals surface area contributed by atoms with E-state index in [1.807, 2.05) is 13.0 Å². The number of nitrogens with one attached hydrogen (secondary N) is 1. The minimum absolute atomic E-state index is 0.0915. The summed E-state index contributed by atoms with van der Waals surface area (Å²) in [4.78, 5) is 14.0. The van der Waals surface area contributed by atoms with Crippen LogP contribution in [0.4, 0.5) is 4.39 Å². The van der Waals surface area contributed by atoms with Gasteiger partial charge in [0.2, 0.25) is 5.91 Å². The van der Waals surface area contributed by atoms with Crippen LogP contribution < -0.4 is 5.32 Å². The fraction of sp³-hybridized carbons (Fsp3) is 0.533. The molecular weight excluding hydrogens is 275 g/mol. The van der Waals surface area contributed by atoms with E-state index in [1.54, 1.807) is 17.0 Å². The highest BCUT2D eigenvalue weighted by Gasteiger charge is 2.39. The van der Waals surface area contributed by atoms with Crippen molar-refractivity contribution in [1.29, 1.82) is 0 Å². The predicted octanol–water partition coefficient (Wildman–Crippen LogP) is 2.79. The largest absolute Gasteiger partial charge is 0.324 e. The van der Waals surface area contributed by atoms with E-state index in [2.05, 4.69) is 19.2 Å². The molecule has 1 aliphatic heterocycles. The molecule has 1 aromatic carbocycles. The van der Waals surface area contributed by atoms with Gasteiger partial charge in [0.1, 0.15) is 11.2 Å². The van der Waals surface area contributed by atoms with Crippen molar-refractivity contribution in [3.05, 3.63) is 35.6 Å². The number of amides is 1. The molecule has 1 aliphatic rings. The molecule has 1 amide bonds. The Morgan fingerprint density at radius 3 is 2.75 bits per heavy atom. The van der Waals surface area contributed by atoms with Crippen molar-refractivity contribution in [3.63, 3.8) is 0 Å². The molecular formula is C15H21FN2OS. The lowest BCUT2D eigenvalue weighted by atomic mass is 10.2. The van der Waals surface area contributed by atoms with Gasteiger partial charge in [0, 0.05) is 24.7 Å². The molecule has 0 bridgehead atoms. The molecule has 0 aliphatic carbocycles. The minimum atomic E-state index is -0.242. The van der Waals surface area contributed by atoms with E-state index in [1.165, 1.54) is 17.8 Å². The van der Waals surface area contributed by atoms with Crippen molar-refractivity contribution >= 4 is 17.7 Å². The Balaban J connectivity index is 2.13. The van der Waals surface area contributed by atoms with E-state index < -0.39 is 0 Å². The average Bonchev–Trinajstić information content (AvgIpc) is 2.67. The number of carbonyl (C=O) groups is 1. The van der Waals surface area contributed by atoms with Crippen LogP contribution in [0.5, 0.6) is 0 Å². The quantitative estimate of drug-likeness (QED) is 0.907. The maximum atomic E-state index is 14.0. The number of nitrogens with zero attached hydrogens (tertiary/aromatic N) is 1. The third-order valence-electron chi connectivity index (χ3n) is 3.32. The molecule has 3 nitrogen and oxygen atoms in total. The maximum absolute atomic E-state index is 14.0. The first-order valence-electron chi connectivity index (χ1n) is 6.94. The van der Waals surface area contributed by atoms with Crippen molar-refractivity contribution in [3.8, 4) is 0 Å². The zero-order valence-electron chi connectivity index (χ0n) is 12.1. The van der Waals surface area contributed by atoms with Crippen LogP contribution in [-0.4, -0.2) is 35.2 Å². The second kappa shape index (κ2) is 6.59. The average molecular weight is 296 g/mol. The maximum Gasteiger partial charge on any atom is 0.236 e. The van der Waals surface area contributed by atoms with Crippen LogP contribution in [-0.2, 0) is 4.79 Å². The standard InChI is InChI=1S/C15H21FN2OS/c1-10(2)17-8-9-18-14(19)11(3)20-15(18)12-6-4-5-7-13(12)16/h4-7,10-11,15,17H,8-9H2,1-3H3. The third-order valence-corrected chi connectivity index (χ3v) is 4.70. The minimum Gasteiger partial charge on any atom is -0.324 e. The van der Waals surface area contributed by atoms with Gasteiger partial charge < -0.3 is 10.2 Å². The number of hydrogen-bond donors (Lipinski definition) is 1. The van der Waals surface area contributed by atoms with Crippen molar-refractivity contribution in [2.24, 2.45) is 0 Å². The van der Waals surface area contributed by atoms with Gasteiger partial charge >= 0.3 is 0 Å². The summed E-state index contributed by atoms with van der Waals surface area (Å²) >= 11 is 1.52. The zero-order chi connectivity index (χ0) is 14.7. The molecule has 2 rings (SSSR count). The van der Waals surface area contributed by atoms with E-state index in [0.29, 0.717) is 18.2 Å². The van der Waals surface area contributed by atoms with Crippen molar-refractivity contribution < 1.29 is 9.18 Å². The van der Waals surface area contributed by atoms with Crippen molar-refractivity contribution in [2.75, 3.05) is 13.1 Å². The third kappa shape index (κ3) is 3.33. The number of hydrogen-bond acceptors (Lipinski definition) is 3. The number of thioether (sulfide) groups is 1. The Labute approximate surface area is 123 Å². The van der Waals surface area contributed by atoms with Gasteiger partial charge in [-0.3, -0.25) is 4.79 Å². The van der Waals surface area contributed by atoms with Gasteiger partial charge in [-0.25, -0.2) is 4.39 Å². The number of carbonyl (C=O) groups excluding carboxylic acids is 1. The molecule has 1 aromatic rings. The van der Waals surface area contributed by atoms with Crippen LogP contribution in [0.25, 0.3) is 0 Å². The molecule has 1 saturated heterocycles. The summed E-state index contributed by atoms with van der Waals surface area (Å²) in [6, 6.07) is 7.09. The van der Waals surface area contributed by atoms with Gasteiger partial charge in [-0.05, 0) is 13.0 Å². The molecule has 2 unspecified atom stereocenters. The summed E-state index contributed by atoms with van der Waals surface area (Å²) in [7, 11) is 0. The fourth-order valence-electron chi connectivity index (χ4n) is 2.29. The smallest absolute Gasteiger partial charge is 0.236 e. The lowest BCUT2D eigenvalue weighted by Crippen LogP contribution is -2.38. The normalized spacial score (nSPS) is 22.9. The van der Waals surface area contributed by atoms with E-state index in [4.69, 9.17) is 0 Å². The van der Waals surface area contributed by atoms with Gasteiger partial charge in [0.15, 0.2) is 0 Å². The Bertz CT molecular complexity index is 481. The van der Waals surface area contributed by atoms with Crippen LogP contribution in [0, 0.1) is 5.82 Å². The molecule has 2 atom stereocenters. The van der Waals surface area contributed by atoms with E-state index >= 15 is 0 Å². The molecule has 0 saturated carbocycles. The highest BCUT2D eigenvalue weighted by molar-refractivity contribution is 8.01. The van der Waals surface area contributed by atoms with Crippen LogP contribution in [0.3, 0.4) is 0 Å². The Hall–Kier alpha value is -1.07. The highest BCUT2D eigenvalue weighted by Crippen LogP contribution is 2.43.